The van der Waals surface area contributed by atoms with Gasteiger partial charge in [-0.1, -0.05) is 19.3 Å². The number of nitrogens with two attached hydrogens (primary N) is 1. The summed E-state index contributed by atoms with van der Waals surface area (Å²) in [5, 5.41) is 0. The Kier molecular flexibility index (Phi) is 4.62. The molecular formula is C10H21NO. The lowest BCUT2D eigenvalue weighted by molar-refractivity contribution is 0.107. The van der Waals surface area contributed by atoms with Crippen LogP contribution in [-0.2, 0) is 4.74 Å². The van der Waals surface area contributed by atoms with Gasteiger partial charge in [-0.2, -0.15) is 0 Å². The highest BCUT2D eigenvalue weighted by Crippen LogP contribution is 2.25. The summed E-state index contributed by atoms with van der Waals surface area (Å²) < 4.78 is 5.32. The zero-order chi connectivity index (χ0) is 8.81. The molecule has 0 bridgehead atoms. The van der Waals surface area contributed by atoms with Gasteiger partial charge in [-0.25, -0.2) is 0 Å². The van der Waals surface area contributed by atoms with Crippen LogP contribution in [0.4, 0.5) is 0 Å². The molecule has 1 atom stereocenters. The molecule has 2 heteroatoms. The summed E-state index contributed by atoms with van der Waals surface area (Å²) in [6.07, 6.45) is 6.76. The van der Waals surface area contributed by atoms with E-state index >= 15 is 0 Å². The van der Waals surface area contributed by atoms with Crippen molar-refractivity contribution in [1.82, 2.24) is 0 Å². The molecule has 0 spiro atoms. The monoisotopic (exact) mass is 171 g/mol. The Balaban J connectivity index is 2.15. The average molecular weight is 171 g/mol. The first-order valence-corrected chi connectivity index (χ1v) is 5.18. The van der Waals surface area contributed by atoms with E-state index in [9.17, 15) is 0 Å². The molecule has 12 heavy (non-hydrogen) atoms. The lowest BCUT2D eigenvalue weighted by Crippen LogP contribution is -2.35. The minimum absolute atomic E-state index is 0.283. The van der Waals surface area contributed by atoms with Gasteiger partial charge in [0.1, 0.15) is 0 Å². The zero-order valence-electron chi connectivity index (χ0n) is 8.09. The molecule has 0 aromatic carbocycles. The fourth-order valence-electron chi connectivity index (χ4n) is 1.95. The Morgan fingerprint density at radius 3 is 2.58 bits per heavy atom. The smallest absolute Gasteiger partial charge is 0.0620 e. The van der Waals surface area contributed by atoms with Crippen LogP contribution in [0.2, 0.25) is 0 Å². The predicted molar refractivity (Wildman–Crippen MR) is 51.0 cm³/mol. The van der Waals surface area contributed by atoms with Crippen molar-refractivity contribution in [1.29, 1.82) is 0 Å². The van der Waals surface area contributed by atoms with E-state index in [1.165, 1.54) is 32.1 Å². The van der Waals surface area contributed by atoms with Crippen LogP contribution in [0.15, 0.2) is 0 Å². The van der Waals surface area contributed by atoms with E-state index in [1.54, 1.807) is 0 Å². The highest BCUT2D eigenvalue weighted by Gasteiger charge is 2.19. The lowest BCUT2D eigenvalue weighted by atomic mass is 9.84. The largest absolute Gasteiger partial charge is 0.380 e. The van der Waals surface area contributed by atoms with Gasteiger partial charge in [0.05, 0.1) is 6.61 Å². The van der Waals surface area contributed by atoms with Crippen molar-refractivity contribution in [3.8, 4) is 0 Å². The third-order valence-electron chi connectivity index (χ3n) is 2.77. The summed E-state index contributed by atoms with van der Waals surface area (Å²) in [5.74, 6) is 0.727. The molecule has 1 saturated carbocycles. The van der Waals surface area contributed by atoms with Crippen molar-refractivity contribution < 1.29 is 4.74 Å². The van der Waals surface area contributed by atoms with E-state index in [-0.39, 0.29) is 6.04 Å². The van der Waals surface area contributed by atoms with Crippen LogP contribution in [0.1, 0.15) is 39.0 Å². The van der Waals surface area contributed by atoms with Gasteiger partial charge < -0.3 is 10.5 Å². The van der Waals surface area contributed by atoms with Crippen LogP contribution in [0.3, 0.4) is 0 Å². The van der Waals surface area contributed by atoms with E-state index in [4.69, 9.17) is 10.5 Å². The standard InChI is InChI=1S/C10H21NO/c1-2-12-8-10(11)9-6-4-3-5-7-9/h9-10H,2-8,11H2,1H3/t10-/m0/s1. The molecule has 0 aliphatic heterocycles. The van der Waals surface area contributed by atoms with E-state index in [0.29, 0.717) is 0 Å². The molecule has 0 unspecified atom stereocenters. The summed E-state index contributed by atoms with van der Waals surface area (Å²) in [7, 11) is 0. The molecule has 0 aromatic rings. The van der Waals surface area contributed by atoms with Gasteiger partial charge in [0.15, 0.2) is 0 Å². The van der Waals surface area contributed by atoms with Gasteiger partial charge in [-0.3, -0.25) is 0 Å². The second-order valence-corrected chi connectivity index (χ2v) is 3.72. The minimum atomic E-state index is 0.283. The predicted octanol–water partition coefficient (Wildman–Crippen LogP) is 1.93. The number of rotatable bonds is 4. The Bertz CT molecular complexity index is 110. The number of ether oxygens (including phenoxy) is 1. The molecule has 2 N–H and O–H groups in total. The molecule has 72 valence electrons. The number of hydrogen-bond acceptors (Lipinski definition) is 2. The van der Waals surface area contributed by atoms with Crippen molar-refractivity contribution in [3.63, 3.8) is 0 Å². The SMILES string of the molecule is CCOC[C@H](N)C1CCCCC1. The number of hydrogen-bond donors (Lipinski definition) is 1. The molecular weight excluding hydrogens is 150 g/mol. The van der Waals surface area contributed by atoms with Crippen LogP contribution in [0.25, 0.3) is 0 Å². The van der Waals surface area contributed by atoms with Crippen molar-refractivity contribution in [3.05, 3.63) is 0 Å². The van der Waals surface area contributed by atoms with Crippen molar-refractivity contribution in [2.75, 3.05) is 13.2 Å². The quantitative estimate of drug-likeness (QED) is 0.701. The third kappa shape index (κ3) is 3.11. The molecule has 0 radical (unpaired) electrons. The van der Waals surface area contributed by atoms with Gasteiger partial charge >= 0.3 is 0 Å². The van der Waals surface area contributed by atoms with Crippen LogP contribution in [0.5, 0.6) is 0 Å². The van der Waals surface area contributed by atoms with E-state index in [1.807, 2.05) is 6.92 Å². The Hall–Kier alpha value is -0.0800. The zero-order valence-corrected chi connectivity index (χ0v) is 8.09. The van der Waals surface area contributed by atoms with Crippen molar-refractivity contribution in [2.24, 2.45) is 11.7 Å². The fourth-order valence-corrected chi connectivity index (χ4v) is 1.95. The molecule has 2 nitrogen and oxygen atoms in total. The highest BCUT2D eigenvalue weighted by molar-refractivity contribution is 4.75. The van der Waals surface area contributed by atoms with Crippen molar-refractivity contribution in [2.45, 2.75) is 45.1 Å². The maximum atomic E-state index is 6.01. The summed E-state index contributed by atoms with van der Waals surface area (Å²) in [4.78, 5) is 0. The first-order valence-electron chi connectivity index (χ1n) is 5.18. The Labute approximate surface area is 75.5 Å². The second kappa shape index (κ2) is 5.55. The minimum Gasteiger partial charge on any atom is -0.380 e. The topological polar surface area (TPSA) is 35.2 Å². The first kappa shape index (κ1) is 10.0. The van der Waals surface area contributed by atoms with E-state index in [2.05, 4.69) is 0 Å². The average Bonchev–Trinajstić information content (AvgIpc) is 2.15. The molecule has 1 aliphatic rings. The van der Waals surface area contributed by atoms with Gasteiger partial charge in [0, 0.05) is 12.6 Å². The molecule has 0 saturated heterocycles. The molecule has 0 heterocycles. The van der Waals surface area contributed by atoms with Crippen LogP contribution < -0.4 is 5.73 Å². The third-order valence-corrected chi connectivity index (χ3v) is 2.77. The van der Waals surface area contributed by atoms with Crippen LogP contribution in [-0.4, -0.2) is 19.3 Å². The molecule has 1 aliphatic carbocycles. The Morgan fingerprint density at radius 1 is 1.33 bits per heavy atom. The van der Waals surface area contributed by atoms with Crippen LogP contribution >= 0.6 is 0 Å². The van der Waals surface area contributed by atoms with Gasteiger partial charge in [0.2, 0.25) is 0 Å². The summed E-state index contributed by atoms with van der Waals surface area (Å²) >= 11 is 0. The lowest BCUT2D eigenvalue weighted by Gasteiger charge is -2.27. The molecule has 1 fully saturated rings. The maximum Gasteiger partial charge on any atom is 0.0620 e. The van der Waals surface area contributed by atoms with Gasteiger partial charge in [0.25, 0.3) is 0 Å². The van der Waals surface area contributed by atoms with E-state index < -0.39 is 0 Å². The van der Waals surface area contributed by atoms with Gasteiger partial charge in [-0.15, -0.1) is 0 Å². The highest BCUT2D eigenvalue weighted by atomic mass is 16.5. The molecule has 0 amide bonds. The molecule has 1 rings (SSSR count). The summed E-state index contributed by atoms with van der Waals surface area (Å²) in [5.41, 5.74) is 6.01. The normalized spacial score (nSPS) is 22.5. The molecule has 0 aromatic heterocycles. The summed E-state index contributed by atoms with van der Waals surface area (Å²) in [6.45, 7) is 3.56. The fraction of sp³-hybridized carbons (Fsp3) is 1.00. The van der Waals surface area contributed by atoms with Crippen molar-refractivity contribution >= 4 is 0 Å². The summed E-state index contributed by atoms with van der Waals surface area (Å²) in [6, 6.07) is 0.283. The van der Waals surface area contributed by atoms with Gasteiger partial charge in [-0.05, 0) is 25.7 Å². The Morgan fingerprint density at radius 2 is 2.00 bits per heavy atom. The van der Waals surface area contributed by atoms with Crippen LogP contribution in [0, 0.1) is 5.92 Å². The van der Waals surface area contributed by atoms with E-state index in [0.717, 1.165) is 19.1 Å². The second-order valence-electron chi connectivity index (χ2n) is 3.72. The first-order chi connectivity index (χ1) is 5.84. The maximum absolute atomic E-state index is 6.01.